The minimum atomic E-state index is -0.695. The highest BCUT2D eigenvalue weighted by molar-refractivity contribution is 5.76. The van der Waals surface area contributed by atoms with E-state index in [-0.39, 0.29) is 17.5 Å². The van der Waals surface area contributed by atoms with Crippen molar-refractivity contribution in [2.24, 2.45) is 11.1 Å². The number of nitrogens with two attached hydrogens (primary N) is 1. The van der Waals surface area contributed by atoms with E-state index in [4.69, 9.17) is 5.73 Å². The van der Waals surface area contributed by atoms with E-state index in [1.54, 1.807) is 11.8 Å². The van der Waals surface area contributed by atoms with Crippen LogP contribution < -0.4 is 5.73 Å². The van der Waals surface area contributed by atoms with Crippen LogP contribution in [0, 0.1) is 5.41 Å². The molecule has 0 spiro atoms. The molecule has 0 radical (unpaired) electrons. The topological polar surface area (TPSA) is 69.8 Å². The number of carbonyl (C=O) groups excluding carboxylic acids is 1. The van der Waals surface area contributed by atoms with Crippen LogP contribution in [-0.2, 0) is 0 Å². The second-order valence-corrected chi connectivity index (χ2v) is 6.25. The summed E-state index contributed by atoms with van der Waals surface area (Å²) in [4.78, 5) is 15.7. The number of carbonyl (C=O) groups is 1. The van der Waals surface area contributed by atoms with E-state index >= 15 is 0 Å². The summed E-state index contributed by atoms with van der Waals surface area (Å²) >= 11 is 0. The van der Waals surface area contributed by atoms with Gasteiger partial charge < -0.3 is 20.6 Å². The predicted octanol–water partition coefficient (Wildman–Crippen LogP) is 0.232. The third-order valence-corrected chi connectivity index (χ3v) is 4.21. The fourth-order valence-electron chi connectivity index (χ4n) is 2.63. The molecular weight excluding hydrogens is 218 g/mol. The molecule has 2 atom stereocenters. The highest BCUT2D eigenvalue weighted by Gasteiger charge is 2.45. The number of urea groups is 1. The van der Waals surface area contributed by atoms with Crippen LogP contribution in [0.25, 0.3) is 0 Å². The number of hydrogen-bond donors (Lipinski definition) is 2. The van der Waals surface area contributed by atoms with Gasteiger partial charge in [-0.3, -0.25) is 0 Å². The number of β-amino-alcohol motifs (C(OH)–C–C–N with tert-alkyl or cyclic N) is 1. The Morgan fingerprint density at radius 2 is 1.88 bits per heavy atom. The monoisotopic (exact) mass is 241 g/mol. The first-order valence-corrected chi connectivity index (χ1v) is 6.25. The van der Waals surface area contributed by atoms with Gasteiger partial charge in [-0.2, -0.15) is 0 Å². The Hall–Kier alpha value is -0.810. The molecule has 0 bridgehead atoms. The minimum Gasteiger partial charge on any atom is -0.386 e. The Labute approximate surface area is 103 Å². The molecule has 17 heavy (non-hydrogen) atoms. The smallest absolute Gasteiger partial charge is 0.320 e. The van der Waals surface area contributed by atoms with Crippen molar-refractivity contribution in [3.05, 3.63) is 0 Å². The van der Waals surface area contributed by atoms with Crippen molar-refractivity contribution in [3.8, 4) is 0 Å². The normalized spacial score (nSPS) is 33.5. The van der Waals surface area contributed by atoms with E-state index in [9.17, 15) is 9.90 Å². The number of hydrogen-bond acceptors (Lipinski definition) is 3. The van der Waals surface area contributed by atoms with Crippen molar-refractivity contribution in [3.63, 3.8) is 0 Å². The predicted molar refractivity (Wildman–Crippen MR) is 65.5 cm³/mol. The molecule has 2 heterocycles. The van der Waals surface area contributed by atoms with Gasteiger partial charge in [0.25, 0.3) is 0 Å². The fraction of sp³-hybridized carbons (Fsp3) is 0.917. The van der Waals surface area contributed by atoms with Crippen molar-refractivity contribution < 1.29 is 9.90 Å². The first kappa shape index (κ1) is 12.6. The van der Waals surface area contributed by atoms with Crippen molar-refractivity contribution in [2.45, 2.75) is 38.8 Å². The Bertz CT molecular complexity index is 322. The Balaban J connectivity index is 1.91. The van der Waals surface area contributed by atoms with Crippen LogP contribution in [-0.4, -0.2) is 58.8 Å². The highest BCUT2D eigenvalue weighted by Crippen LogP contribution is 2.34. The van der Waals surface area contributed by atoms with Crippen LogP contribution in [0.1, 0.15) is 27.2 Å². The van der Waals surface area contributed by atoms with Gasteiger partial charge in [0.2, 0.25) is 0 Å². The van der Waals surface area contributed by atoms with E-state index in [0.717, 1.165) is 19.5 Å². The lowest BCUT2D eigenvalue weighted by atomic mass is 9.83. The second kappa shape index (κ2) is 3.85. The van der Waals surface area contributed by atoms with Gasteiger partial charge >= 0.3 is 6.03 Å². The standard InChI is InChI=1S/C12H23N3O2/c1-9(13)11(2)4-5-14(6-11)10(16)15-7-12(3,17)8-15/h9,17H,4-8,13H2,1-3H3. The molecule has 0 aromatic heterocycles. The van der Waals surface area contributed by atoms with Crippen LogP contribution in [0.5, 0.6) is 0 Å². The molecule has 0 aliphatic carbocycles. The fourth-order valence-corrected chi connectivity index (χ4v) is 2.63. The molecule has 0 saturated carbocycles. The SMILES string of the molecule is CC(N)C1(C)CCN(C(=O)N2CC(C)(O)C2)C1. The molecule has 2 aliphatic rings. The highest BCUT2D eigenvalue weighted by atomic mass is 16.3. The first-order valence-electron chi connectivity index (χ1n) is 6.25. The van der Waals surface area contributed by atoms with Gasteiger partial charge in [-0.15, -0.1) is 0 Å². The maximum atomic E-state index is 12.1. The molecular formula is C12H23N3O2. The number of nitrogens with zero attached hydrogens (tertiary/aromatic N) is 2. The average molecular weight is 241 g/mol. The summed E-state index contributed by atoms with van der Waals surface area (Å²) in [6.07, 6.45) is 0.959. The molecule has 2 saturated heterocycles. The van der Waals surface area contributed by atoms with Gasteiger partial charge in [0, 0.05) is 24.5 Å². The van der Waals surface area contributed by atoms with Crippen molar-refractivity contribution in [1.29, 1.82) is 0 Å². The lowest BCUT2D eigenvalue weighted by Gasteiger charge is -2.45. The molecule has 5 heteroatoms. The van der Waals surface area contributed by atoms with E-state index in [0.29, 0.717) is 13.1 Å². The molecule has 0 aromatic carbocycles. The molecule has 0 aromatic rings. The van der Waals surface area contributed by atoms with Gasteiger partial charge in [0.1, 0.15) is 0 Å². The maximum Gasteiger partial charge on any atom is 0.320 e. The lowest BCUT2D eigenvalue weighted by Crippen LogP contribution is -2.64. The van der Waals surface area contributed by atoms with Crippen LogP contribution >= 0.6 is 0 Å². The van der Waals surface area contributed by atoms with Crippen molar-refractivity contribution in [2.75, 3.05) is 26.2 Å². The second-order valence-electron chi connectivity index (χ2n) is 6.25. The Morgan fingerprint density at radius 3 is 2.29 bits per heavy atom. The van der Waals surface area contributed by atoms with E-state index in [2.05, 4.69) is 6.92 Å². The number of aliphatic hydroxyl groups is 1. The molecule has 98 valence electrons. The van der Waals surface area contributed by atoms with Gasteiger partial charge in [0.15, 0.2) is 0 Å². The zero-order valence-electron chi connectivity index (χ0n) is 10.9. The summed E-state index contributed by atoms with van der Waals surface area (Å²) in [6.45, 7) is 8.28. The van der Waals surface area contributed by atoms with Gasteiger partial charge in [-0.25, -0.2) is 4.79 Å². The molecule has 2 rings (SSSR count). The summed E-state index contributed by atoms with van der Waals surface area (Å²) in [5, 5.41) is 9.63. The maximum absolute atomic E-state index is 12.1. The molecule has 3 N–H and O–H groups in total. The molecule has 2 fully saturated rings. The van der Waals surface area contributed by atoms with E-state index in [1.807, 2.05) is 11.8 Å². The summed E-state index contributed by atoms with van der Waals surface area (Å²) in [7, 11) is 0. The first-order chi connectivity index (χ1) is 7.73. The largest absolute Gasteiger partial charge is 0.386 e. The third-order valence-electron chi connectivity index (χ3n) is 4.21. The lowest BCUT2D eigenvalue weighted by molar-refractivity contribution is -0.0661. The van der Waals surface area contributed by atoms with Crippen molar-refractivity contribution >= 4 is 6.03 Å². The van der Waals surface area contributed by atoms with Crippen LogP contribution in [0.15, 0.2) is 0 Å². The van der Waals surface area contributed by atoms with E-state index < -0.39 is 5.60 Å². The van der Waals surface area contributed by atoms with Gasteiger partial charge in [-0.1, -0.05) is 6.92 Å². The van der Waals surface area contributed by atoms with Gasteiger partial charge in [-0.05, 0) is 20.3 Å². The molecule has 2 aliphatic heterocycles. The van der Waals surface area contributed by atoms with Crippen LogP contribution in [0.4, 0.5) is 4.79 Å². The number of rotatable bonds is 1. The Kier molecular flexibility index (Phi) is 2.86. The van der Waals surface area contributed by atoms with Gasteiger partial charge in [0.05, 0.1) is 18.7 Å². The third kappa shape index (κ3) is 2.26. The van der Waals surface area contributed by atoms with Crippen LogP contribution in [0.3, 0.4) is 0 Å². The number of amides is 2. The zero-order chi connectivity index (χ0) is 12.8. The Morgan fingerprint density at radius 1 is 1.29 bits per heavy atom. The summed E-state index contributed by atoms with van der Waals surface area (Å²) < 4.78 is 0. The summed E-state index contributed by atoms with van der Waals surface area (Å²) in [5.41, 5.74) is 5.30. The molecule has 2 unspecified atom stereocenters. The quantitative estimate of drug-likeness (QED) is 0.690. The number of likely N-dealkylation sites (tertiary alicyclic amines) is 2. The minimum absolute atomic E-state index is 0.0308. The van der Waals surface area contributed by atoms with E-state index in [1.165, 1.54) is 0 Å². The molecule has 2 amide bonds. The average Bonchev–Trinajstić information content (AvgIpc) is 2.57. The van der Waals surface area contributed by atoms with Crippen molar-refractivity contribution in [1.82, 2.24) is 9.80 Å². The summed E-state index contributed by atoms with van der Waals surface area (Å²) in [5.74, 6) is 0. The molecule has 5 nitrogen and oxygen atoms in total. The van der Waals surface area contributed by atoms with Crippen LogP contribution in [0.2, 0.25) is 0 Å². The summed E-state index contributed by atoms with van der Waals surface area (Å²) in [6, 6.07) is 0.140. The zero-order valence-corrected chi connectivity index (χ0v) is 10.9.